The molecule has 0 unspecified atom stereocenters. The first-order valence-corrected chi connectivity index (χ1v) is 17.8. The van der Waals surface area contributed by atoms with Crippen LogP contribution in [0.25, 0.3) is 91.1 Å². The molecule has 0 aliphatic rings. The SMILES string of the molecule is c1cc2cc3cc4c(cc3cc2s1)[se]c1c4ccc2c1ccc1c3cc4cc5ccsc5cc4cc3[se]c12. The summed E-state index contributed by atoms with van der Waals surface area (Å²) in [7, 11) is 0. The van der Waals surface area contributed by atoms with Crippen LogP contribution in [0.4, 0.5) is 0 Å². The average Bonchev–Trinajstić information content (AvgIpc) is 3.72. The summed E-state index contributed by atoms with van der Waals surface area (Å²) in [6, 6.07) is 33.5. The molecule has 0 spiro atoms. The summed E-state index contributed by atoms with van der Waals surface area (Å²) in [6.45, 7) is 0. The maximum atomic E-state index is 2.47. The van der Waals surface area contributed by atoms with Gasteiger partial charge < -0.3 is 0 Å². The molecule has 0 aliphatic heterocycles. The van der Waals surface area contributed by atoms with Gasteiger partial charge in [0.05, 0.1) is 0 Å². The van der Waals surface area contributed by atoms with Crippen LogP contribution in [0, 0.1) is 0 Å². The molecule has 4 heterocycles. The van der Waals surface area contributed by atoms with Gasteiger partial charge in [-0.3, -0.25) is 0 Å². The number of thiophene rings is 2. The van der Waals surface area contributed by atoms with E-state index in [0.29, 0.717) is 29.0 Å². The van der Waals surface area contributed by atoms with E-state index >= 15 is 0 Å². The first kappa shape index (κ1) is 21.0. The summed E-state index contributed by atoms with van der Waals surface area (Å²) in [6.07, 6.45) is 0. The van der Waals surface area contributed by atoms with E-state index in [-0.39, 0.29) is 0 Å². The third-order valence-electron chi connectivity index (χ3n) is 8.13. The van der Waals surface area contributed by atoms with Gasteiger partial charge in [0.25, 0.3) is 0 Å². The molecule has 0 saturated carbocycles. The Bertz CT molecular complexity index is 2440. The van der Waals surface area contributed by atoms with Crippen molar-refractivity contribution in [2.75, 3.05) is 0 Å². The normalized spacial score (nSPS) is 12.7. The topological polar surface area (TPSA) is 0 Å². The Kier molecular flexibility index (Phi) is 4.06. The third kappa shape index (κ3) is 2.75. The van der Waals surface area contributed by atoms with Crippen molar-refractivity contribution in [3.8, 4) is 0 Å². The number of hydrogen-bond acceptors (Lipinski definition) is 2. The number of rotatable bonds is 0. The maximum absolute atomic E-state index is 2.47. The van der Waals surface area contributed by atoms with Crippen molar-refractivity contribution >= 4 is 143 Å². The quantitative estimate of drug-likeness (QED) is 0.144. The Labute approximate surface area is 236 Å². The van der Waals surface area contributed by atoms with E-state index in [9.17, 15) is 0 Å². The Morgan fingerprint density at radius 1 is 0.368 bits per heavy atom. The first-order chi connectivity index (χ1) is 18.8. The summed E-state index contributed by atoms with van der Waals surface area (Å²) in [5.41, 5.74) is 0. The zero-order valence-electron chi connectivity index (χ0n) is 19.9. The summed E-state index contributed by atoms with van der Waals surface area (Å²) in [5, 5.41) is 21.3. The van der Waals surface area contributed by atoms with Gasteiger partial charge in [-0.1, -0.05) is 0 Å². The molecule has 0 fully saturated rings. The summed E-state index contributed by atoms with van der Waals surface area (Å²) < 4.78 is 8.98. The molecule has 0 N–H and O–H groups in total. The molecule has 10 aromatic rings. The third-order valence-corrected chi connectivity index (χ3v) is 14.9. The van der Waals surface area contributed by atoms with Crippen molar-refractivity contribution in [1.82, 2.24) is 0 Å². The Hall–Kier alpha value is -2.94. The second kappa shape index (κ2) is 7.37. The van der Waals surface area contributed by atoms with Crippen LogP contribution in [0.3, 0.4) is 0 Å². The Balaban J connectivity index is 1.27. The van der Waals surface area contributed by atoms with Gasteiger partial charge in [-0.05, 0) is 0 Å². The van der Waals surface area contributed by atoms with Crippen LogP contribution in [-0.2, 0) is 0 Å². The zero-order valence-corrected chi connectivity index (χ0v) is 24.9. The molecular formula is C34H16S2Se2. The van der Waals surface area contributed by atoms with Gasteiger partial charge >= 0.3 is 238 Å². The molecule has 10 rings (SSSR count). The summed E-state index contributed by atoms with van der Waals surface area (Å²) in [4.78, 5) is 0. The minimum atomic E-state index is 0.329. The number of hydrogen-bond donors (Lipinski definition) is 0. The predicted octanol–water partition coefficient (Wildman–Crippen LogP) is 10.3. The summed E-state index contributed by atoms with van der Waals surface area (Å²) >= 11 is 4.34. The summed E-state index contributed by atoms with van der Waals surface area (Å²) in [5.74, 6) is 0. The van der Waals surface area contributed by atoms with E-state index in [1.807, 2.05) is 22.7 Å². The van der Waals surface area contributed by atoms with E-state index in [1.54, 1.807) is 8.52 Å². The Morgan fingerprint density at radius 2 is 0.789 bits per heavy atom. The minimum absolute atomic E-state index is 0.329. The van der Waals surface area contributed by atoms with Gasteiger partial charge in [0.2, 0.25) is 0 Å². The van der Waals surface area contributed by atoms with Crippen molar-refractivity contribution in [2.24, 2.45) is 0 Å². The number of fused-ring (bicyclic) bond motifs is 13. The molecule has 0 saturated heterocycles. The van der Waals surface area contributed by atoms with Crippen molar-refractivity contribution in [1.29, 1.82) is 0 Å². The Morgan fingerprint density at radius 3 is 1.26 bits per heavy atom. The molecule has 38 heavy (non-hydrogen) atoms. The molecule has 0 bridgehead atoms. The second-order valence-electron chi connectivity index (χ2n) is 10.2. The predicted molar refractivity (Wildman–Crippen MR) is 174 cm³/mol. The molecular weight excluding hydrogens is 630 g/mol. The molecule has 0 amide bonds. The fourth-order valence-corrected chi connectivity index (χ4v) is 13.2. The van der Waals surface area contributed by atoms with Crippen LogP contribution in [0.1, 0.15) is 0 Å². The standard InChI is InChI=1S/C34H16S2Se2/c1-3-25-27-11-19-9-17-5-7-35-29(17)13-21(19)15-31(27)38-34(25)24-2-4-26-28-12-20-10-18-6-8-36-30(18)14-22(20)16-32(28)37-33(26)23(1)24/h1-16H. The molecule has 176 valence electrons. The van der Waals surface area contributed by atoms with E-state index < -0.39 is 0 Å². The van der Waals surface area contributed by atoms with Crippen molar-refractivity contribution in [3.05, 3.63) is 95.7 Å². The van der Waals surface area contributed by atoms with Crippen LogP contribution in [-0.4, -0.2) is 29.0 Å². The van der Waals surface area contributed by atoms with Crippen LogP contribution in [0.5, 0.6) is 0 Å². The zero-order chi connectivity index (χ0) is 24.5. The van der Waals surface area contributed by atoms with E-state index in [0.717, 1.165) is 0 Å². The molecule has 0 atom stereocenters. The second-order valence-corrected chi connectivity index (χ2v) is 16.5. The van der Waals surface area contributed by atoms with Crippen LogP contribution < -0.4 is 0 Å². The average molecular weight is 647 g/mol. The fraction of sp³-hybridized carbons (Fsp3) is 0. The van der Waals surface area contributed by atoms with Crippen LogP contribution in [0.2, 0.25) is 0 Å². The molecule has 0 nitrogen and oxygen atoms in total. The van der Waals surface area contributed by atoms with Gasteiger partial charge in [-0.15, -0.1) is 0 Å². The van der Waals surface area contributed by atoms with Gasteiger partial charge in [0.15, 0.2) is 0 Å². The first-order valence-electron chi connectivity index (χ1n) is 12.6. The van der Waals surface area contributed by atoms with Crippen LogP contribution >= 0.6 is 22.7 Å². The van der Waals surface area contributed by atoms with Gasteiger partial charge in [-0.25, -0.2) is 0 Å². The molecule has 4 aromatic heterocycles. The van der Waals surface area contributed by atoms with Crippen molar-refractivity contribution in [2.45, 2.75) is 0 Å². The molecule has 6 aromatic carbocycles. The molecule has 4 heteroatoms. The number of benzene rings is 6. The van der Waals surface area contributed by atoms with Gasteiger partial charge in [-0.2, -0.15) is 0 Å². The fourth-order valence-electron chi connectivity index (χ4n) is 6.28. The van der Waals surface area contributed by atoms with E-state index in [1.165, 1.54) is 82.6 Å². The van der Waals surface area contributed by atoms with Gasteiger partial charge in [0.1, 0.15) is 0 Å². The van der Waals surface area contributed by atoms with Crippen LogP contribution in [0.15, 0.2) is 95.7 Å². The molecule has 0 radical (unpaired) electrons. The van der Waals surface area contributed by atoms with Gasteiger partial charge in [0, 0.05) is 0 Å². The molecule has 0 aliphatic carbocycles. The van der Waals surface area contributed by atoms with E-state index in [4.69, 9.17) is 0 Å². The van der Waals surface area contributed by atoms with Crippen molar-refractivity contribution in [3.63, 3.8) is 0 Å². The van der Waals surface area contributed by atoms with Crippen molar-refractivity contribution < 1.29 is 0 Å². The van der Waals surface area contributed by atoms with E-state index in [2.05, 4.69) is 95.7 Å². The monoisotopic (exact) mass is 648 g/mol.